The van der Waals surface area contributed by atoms with Crippen molar-refractivity contribution in [2.24, 2.45) is 0 Å². The molecule has 1 aliphatic heterocycles. The van der Waals surface area contributed by atoms with Crippen LogP contribution >= 0.6 is 0 Å². The number of halogens is 1. The monoisotopic (exact) mass is 579 g/mol. The molecule has 6 aromatic rings. The van der Waals surface area contributed by atoms with Crippen LogP contribution in [0.15, 0.2) is 65.5 Å². The minimum atomic E-state index is -0.277. The summed E-state index contributed by atoms with van der Waals surface area (Å²) in [6.45, 7) is 8.01. The number of nitrogens with two attached hydrogens (primary N) is 1. The van der Waals surface area contributed by atoms with Gasteiger partial charge in [0.25, 0.3) is 0 Å². The molecule has 0 atom stereocenters. The fraction of sp³-hybridized carbons (Fsp3) is 0.267. The lowest BCUT2D eigenvalue weighted by molar-refractivity contribution is 0.248. The molecule has 13 heteroatoms. The van der Waals surface area contributed by atoms with Crippen molar-refractivity contribution in [3.05, 3.63) is 72.6 Å². The van der Waals surface area contributed by atoms with Gasteiger partial charge in [0.1, 0.15) is 35.2 Å². The van der Waals surface area contributed by atoms with Gasteiger partial charge in [0.2, 0.25) is 17.7 Å². The second-order valence-electron chi connectivity index (χ2n) is 9.72. The Balaban J connectivity index is 0.00000161. The molecule has 12 nitrogen and oxygen atoms in total. The summed E-state index contributed by atoms with van der Waals surface area (Å²) in [6, 6.07) is 14.5. The van der Waals surface area contributed by atoms with Crippen molar-refractivity contribution in [3.8, 4) is 29.0 Å². The predicted molar refractivity (Wildman–Crippen MR) is 161 cm³/mol. The number of hydrogen-bond acceptors (Lipinski definition) is 10. The SMILES string of the molecule is CC.N#Cc1cc2c(nc(N)n3nc(-c4ccccn4)nc23)n1CCN1CCN(c2cc(-c3ncco3)ccc2F)CC1. The zero-order chi connectivity index (χ0) is 29.9. The topological polar surface area (TPSA) is 143 Å². The van der Waals surface area contributed by atoms with Crippen molar-refractivity contribution < 1.29 is 8.81 Å². The molecule has 1 aliphatic rings. The molecule has 1 aromatic carbocycles. The molecule has 0 saturated carbocycles. The molecule has 5 aromatic heterocycles. The van der Waals surface area contributed by atoms with Crippen LogP contribution in [0.2, 0.25) is 0 Å². The summed E-state index contributed by atoms with van der Waals surface area (Å²) in [4.78, 5) is 22.1. The van der Waals surface area contributed by atoms with E-state index in [4.69, 9.17) is 10.2 Å². The summed E-state index contributed by atoms with van der Waals surface area (Å²) in [6.07, 6.45) is 4.75. The fourth-order valence-electron chi connectivity index (χ4n) is 5.26. The first-order chi connectivity index (χ1) is 21.1. The minimum Gasteiger partial charge on any atom is -0.445 e. The molecule has 2 N–H and O–H groups in total. The van der Waals surface area contributed by atoms with E-state index in [9.17, 15) is 9.65 Å². The quantitative estimate of drug-likeness (QED) is 0.304. The molecule has 1 fully saturated rings. The molecule has 0 aliphatic carbocycles. The second-order valence-corrected chi connectivity index (χ2v) is 9.72. The molecule has 1 saturated heterocycles. The van der Waals surface area contributed by atoms with Gasteiger partial charge in [-0.25, -0.2) is 14.4 Å². The summed E-state index contributed by atoms with van der Waals surface area (Å²) in [5.41, 5.74) is 9.72. The van der Waals surface area contributed by atoms with E-state index >= 15 is 0 Å². The van der Waals surface area contributed by atoms with Gasteiger partial charge in [0, 0.05) is 51.0 Å². The number of aromatic nitrogens is 7. The average Bonchev–Trinajstić information content (AvgIpc) is 3.82. The zero-order valence-corrected chi connectivity index (χ0v) is 23.9. The minimum absolute atomic E-state index is 0.175. The molecular formula is C30H30FN11O. The first-order valence-electron chi connectivity index (χ1n) is 14.1. The molecule has 0 radical (unpaired) electrons. The van der Waals surface area contributed by atoms with Crippen molar-refractivity contribution in [1.82, 2.24) is 39.0 Å². The summed E-state index contributed by atoms with van der Waals surface area (Å²) in [5.74, 6) is 0.787. The van der Waals surface area contributed by atoms with Gasteiger partial charge in [-0.15, -0.1) is 5.10 Å². The highest BCUT2D eigenvalue weighted by molar-refractivity contribution is 5.93. The first-order valence-corrected chi connectivity index (χ1v) is 14.1. The molecule has 0 bridgehead atoms. The Morgan fingerprint density at radius 2 is 1.81 bits per heavy atom. The normalized spacial score (nSPS) is 13.7. The van der Waals surface area contributed by atoms with Gasteiger partial charge in [-0.1, -0.05) is 19.9 Å². The number of oxazole rings is 1. The van der Waals surface area contributed by atoms with Crippen molar-refractivity contribution in [1.29, 1.82) is 5.26 Å². The van der Waals surface area contributed by atoms with Crippen LogP contribution in [0.5, 0.6) is 0 Å². The first kappa shape index (κ1) is 27.8. The van der Waals surface area contributed by atoms with Gasteiger partial charge < -0.3 is 19.6 Å². The van der Waals surface area contributed by atoms with Gasteiger partial charge >= 0.3 is 0 Å². The number of nitriles is 1. The lowest BCUT2D eigenvalue weighted by Gasteiger charge is -2.36. The molecule has 0 amide bonds. The Kier molecular flexibility index (Phi) is 7.67. The number of rotatable bonds is 6. The Morgan fingerprint density at radius 3 is 2.53 bits per heavy atom. The van der Waals surface area contributed by atoms with E-state index in [2.05, 4.69) is 36.0 Å². The number of nitrogen functional groups attached to an aromatic ring is 1. The van der Waals surface area contributed by atoms with Crippen LogP contribution < -0.4 is 10.6 Å². The number of pyridine rings is 1. The van der Waals surface area contributed by atoms with Crippen molar-refractivity contribution in [3.63, 3.8) is 0 Å². The Labute approximate surface area is 246 Å². The number of piperazine rings is 1. The number of benzene rings is 1. The summed E-state index contributed by atoms with van der Waals surface area (Å²) >= 11 is 0. The molecule has 7 rings (SSSR count). The third-order valence-electron chi connectivity index (χ3n) is 7.34. The number of fused-ring (bicyclic) bond motifs is 3. The van der Waals surface area contributed by atoms with Gasteiger partial charge in [0.05, 0.1) is 17.3 Å². The van der Waals surface area contributed by atoms with E-state index in [1.54, 1.807) is 30.6 Å². The number of hydrogen-bond donors (Lipinski definition) is 1. The van der Waals surface area contributed by atoms with Crippen LogP contribution in [-0.2, 0) is 6.54 Å². The maximum absolute atomic E-state index is 14.7. The van der Waals surface area contributed by atoms with E-state index < -0.39 is 0 Å². The third kappa shape index (κ3) is 5.24. The Bertz CT molecular complexity index is 1900. The summed E-state index contributed by atoms with van der Waals surface area (Å²) in [7, 11) is 0. The van der Waals surface area contributed by atoms with Crippen LogP contribution in [0, 0.1) is 17.1 Å². The largest absolute Gasteiger partial charge is 0.445 e. The third-order valence-corrected chi connectivity index (χ3v) is 7.34. The van der Waals surface area contributed by atoms with Gasteiger partial charge in [-0.05, 0) is 36.4 Å². The number of nitrogens with zero attached hydrogens (tertiary/aromatic N) is 10. The van der Waals surface area contributed by atoms with Gasteiger partial charge in [-0.3, -0.25) is 9.88 Å². The zero-order valence-electron chi connectivity index (χ0n) is 23.9. The summed E-state index contributed by atoms with van der Waals surface area (Å²) in [5, 5.41) is 15.1. The molecule has 6 heterocycles. The highest BCUT2D eigenvalue weighted by atomic mass is 19.1. The maximum atomic E-state index is 14.7. The molecular weight excluding hydrogens is 549 g/mol. The van der Waals surface area contributed by atoms with E-state index in [0.29, 0.717) is 71.6 Å². The van der Waals surface area contributed by atoms with Gasteiger partial charge in [0.15, 0.2) is 5.65 Å². The highest BCUT2D eigenvalue weighted by Crippen LogP contribution is 2.28. The van der Waals surface area contributed by atoms with E-state index in [1.807, 2.05) is 41.5 Å². The van der Waals surface area contributed by atoms with Crippen LogP contribution in [-0.4, -0.2) is 71.7 Å². The van der Waals surface area contributed by atoms with Crippen LogP contribution in [0.25, 0.3) is 39.7 Å². The van der Waals surface area contributed by atoms with Gasteiger partial charge in [-0.2, -0.15) is 14.8 Å². The maximum Gasteiger partial charge on any atom is 0.225 e. The highest BCUT2D eigenvalue weighted by Gasteiger charge is 2.23. The standard InChI is InChI=1S/C28H24FN11O.C2H6/c29-21-5-4-18(27-33-7-14-41-27)15-23(21)38-11-8-37(9-12-38)10-13-39-19(17-30)16-20-25(39)35-28(31)40-26(20)34-24(36-40)22-3-1-2-6-32-22;1-2/h1-7,14-16H,8-13H2,(H2,31,35);1-2H3. The average molecular weight is 580 g/mol. The molecule has 0 unspecified atom stereocenters. The van der Waals surface area contributed by atoms with E-state index in [-0.39, 0.29) is 11.8 Å². The predicted octanol–water partition coefficient (Wildman–Crippen LogP) is 4.24. The fourth-order valence-corrected chi connectivity index (χ4v) is 5.26. The van der Waals surface area contributed by atoms with Crippen LogP contribution in [0.1, 0.15) is 19.5 Å². The van der Waals surface area contributed by atoms with Crippen molar-refractivity contribution in [2.45, 2.75) is 20.4 Å². The Hall–Kier alpha value is -5.35. The van der Waals surface area contributed by atoms with Crippen molar-refractivity contribution in [2.75, 3.05) is 43.4 Å². The van der Waals surface area contributed by atoms with Crippen LogP contribution in [0.4, 0.5) is 16.0 Å². The second kappa shape index (κ2) is 11.9. The molecule has 43 heavy (non-hydrogen) atoms. The van der Waals surface area contributed by atoms with Crippen LogP contribution in [0.3, 0.4) is 0 Å². The lowest BCUT2D eigenvalue weighted by Crippen LogP contribution is -2.47. The molecule has 218 valence electrons. The smallest absolute Gasteiger partial charge is 0.225 e. The number of anilines is 2. The lowest BCUT2D eigenvalue weighted by atomic mass is 10.1. The van der Waals surface area contributed by atoms with E-state index in [1.165, 1.54) is 16.8 Å². The molecule has 0 spiro atoms. The van der Waals surface area contributed by atoms with E-state index in [0.717, 1.165) is 18.7 Å². The Morgan fingerprint density at radius 1 is 0.977 bits per heavy atom. The summed E-state index contributed by atoms with van der Waals surface area (Å²) < 4.78 is 23.5. The van der Waals surface area contributed by atoms with Crippen molar-refractivity contribution >= 4 is 28.3 Å².